The number of halogens is 4. The Morgan fingerprint density at radius 1 is 1.33 bits per heavy atom. The number of nitriles is 1. The number of anilines is 1. The summed E-state index contributed by atoms with van der Waals surface area (Å²) >= 11 is 6.13. The molecule has 0 saturated heterocycles. The highest BCUT2D eigenvalue weighted by Crippen LogP contribution is 2.35. The van der Waals surface area contributed by atoms with Crippen LogP contribution in [0.25, 0.3) is 0 Å². The van der Waals surface area contributed by atoms with E-state index in [-0.39, 0.29) is 10.7 Å². The van der Waals surface area contributed by atoms with Gasteiger partial charge < -0.3 is 0 Å². The van der Waals surface area contributed by atoms with Gasteiger partial charge in [-0.25, -0.2) is 4.98 Å². The number of carbonyl (C=O) groups excluding carboxylic acids is 1. The minimum absolute atomic E-state index is 0.210. The van der Waals surface area contributed by atoms with Crippen LogP contribution < -0.4 is 5.32 Å². The number of rotatable bonds is 2. The number of amides is 1. The van der Waals surface area contributed by atoms with Gasteiger partial charge in [-0.2, -0.15) is 18.4 Å². The fourth-order valence-corrected chi connectivity index (χ4v) is 2.32. The minimum Gasteiger partial charge on any atom is -0.298 e. The highest BCUT2D eigenvalue weighted by molar-refractivity contribution is 7.16. The van der Waals surface area contributed by atoms with E-state index in [1.165, 1.54) is 30.3 Å². The van der Waals surface area contributed by atoms with E-state index in [4.69, 9.17) is 16.9 Å². The second-order valence-electron chi connectivity index (χ2n) is 3.77. The van der Waals surface area contributed by atoms with Crippen LogP contribution in [-0.2, 0) is 6.18 Å². The average Bonchev–Trinajstić information content (AvgIpc) is 2.82. The molecule has 21 heavy (non-hydrogen) atoms. The van der Waals surface area contributed by atoms with E-state index in [0.29, 0.717) is 16.4 Å². The van der Waals surface area contributed by atoms with Crippen LogP contribution in [0, 0.1) is 11.3 Å². The zero-order chi connectivity index (χ0) is 15.6. The molecule has 2 rings (SSSR count). The van der Waals surface area contributed by atoms with Gasteiger partial charge in [0.25, 0.3) is 5.91 Å². The summed E-state index contributed by atoms with van der Waals surface area (Å²) in [5, 5.41) is 11.0. The molecule has 0 aliphatic rings. The topological polar surface area (TPSA) is 65.8 Å². The van der Waals surface area contributed by atoms with Crippen LogP contribution in [0.3, 0.4) is 0 Å². The predicted octanol–water partition coefficient (Wildman–Crippen LogP) is 3.94. The number of aromatic nitrogens is 1. The van der Waals surface area contributed by atoms with Crippen LogP contribution in [-0.4, -0.2) is 10.9 Å². The molecule has 1 N–H and O–H groups in total. The Morgan fingerprint density at radius 2 is 1.95 bits per heavy atom. The van der Waals surface area contributed by atoms with Gasteiger partial charge >= 0.3 is 6.18 Å². The molecule has 0 atom stereocenters. The zero-order valence-electron chi connectivity index (χ0n) is 10.0. The average molecular weight is 332 g/mol. The second-order valence-corrected chi connectivity index (χ2v) is 5.20. The molecular formula is C12H5ClF3N3OS. The smallest absolute Gasteiger partial charge is 0.298 e. The molecule has 4 nitrogen and oxygen atoms in total. The summed E-state index contributed by atoms with van der Waals surface area (Å²) in [4.78, 5) is 14.5. The molecule has 0 bridgehead atoms. The molecule has 108 valence electrons. The fourth-order valence-electron chi connectivity index (χ4n) is 1.41. The van der Waals surface area contributed by atoms with Crippen molar-refractivity contribution < 1.29 is 18.0 Å². The maximum Gasteiger partial charge on any atom is 0.435 e. The standard InChI is InChI=1S/C12H5ClF3N3OS/c13-7-3-1-6(2-4-7)10(20)19-11-18-9(12(14,15)16)8(5-17)21-11/h1-4H,(H,18,19,20). The number of hydrogen-bond donors (Lipinski definition) is 1. The molecule has 0 spiro atoms. The lowest BCUT2D eigenvalue weighted by Gasteiger charge is -2.02. The molecule has 0 fully saturated rings. The van der Waals surface area contributed by atoms with Crippen LogP contribution in [0.4, 0.5) is 18.3 Å². The van der Waals surface area contributed by atoms with Crippen molar-refractivity contribution in [3.8, 4) is 6.07 Å². The molecule has 0 unspecified atom stereocenters. The third-order valence-corrected chi connectivity index (χ3v) is 3.45. The molecule has 0 aliphatic carbocycles. The predicted molar refractivity (Wildman–Crippen MR) is 71.2 cm³/mol. The second kappa shape index (κ2) is 5.71. The molecule has 0 aliphatic heterocycles. The summed E-state index contributed by atoms with van der Waals surface area (Å²) < 4.78 is 37.9. The maximum atomic E-state index is 12.6. The molecule has 1 aromatic heterocycles. The molecule has 1 heterocycles. The highest BCUT2D eigenvalue weighted by Gasteiger charge is 2.38. The Hall–Kier alpha value is -2.11. The van der Waals surface area contributed by atoms with Gasteiger partial charge in [0, 0.05) is 10.6 Å². The number of nitrogens with zero attached hydrogens (tertiary/aromatic N) is 2. The van der Waals surface area contributed by atoms with Gasteiger partial charge in [-0.1, -0.05) is 22.9 Å². The van der Waals surface area contributed by atoms with Crippen molar-refractivity contribution in [2.24, 2.45) is 0 Å². The lowest BCUT2D eigenvalue weighted by atomic mass is 10.2. The monoisotopic (exact) mass is 331 g/mol. The summed E-state index contributed by atoms with van der Waals surface area (Å²) in [6, 6.07) is 7.19. The summed E-state index contributed by atoms with van der Waals surface area (Å²) in [7, 11) is 0. The number of alkyl halides is 3. The van der Waals surface area contributed by atoms with E-state index in [1.807, 2.05) is 0 Å². The number of thiazole rings is 1. The van der Waals surface area contributed by atoms with E-state index in [2.05, 4.69) is 10.3 Å². The van der Waals surface area contributed by atoms with Gasteiger partial charge in [-0.15, -0.1) is 0 Å². The third-order valence-electron chi connectivity index (χ3n) is 2.32. The number of carbonyl (C=O) groups is 1. The zero-order valence-corrected chi connectivity index (χ0v) is 11.6. The van der Waals surface area contributed by atoms with E-state index >= 15 is 0 Å². The Kier molecular flexibility index (Phi) is 4.16. The van der Waals surface area contributed by atoms with Crippen molar-refractivity contribution in [2.75, 3.05) is 5.32 Å². The lowest BCUT2D eigenvalue weighted by molar-refractivity contribution is -0.140. The van der Waals surface area contributed by atoms with Crippen LogP contribution in [0.15, 0.2) is 24.3 Å². The summed E-state index contributed by atoms with van der Waals surface area (Å²) in [6.45, 7) is 0. The third kappa shape index (κ3) is 3.51. The number of nitrogens with one attached hydrogen (secondary N) is 1. The minimum atomic E-state index is -4.75. The fraction of sp³-hybridized carbons (Fsp3) is 0.0833. The van der Waals surface area contributed by atoms with E-state index in [9.17, 15) is 18.0 Å². The normalized spacial score (nSPS) is 11.0. The maximum absolute atomic E-state index is 12.6. The molecular weight excluding hydrogens is 327 g/mol. The van der Waals surface area contributed by atoms with Crippen molar-refractivity contribution in [3.63, 3.8) is 0 Å². The Bertz CT molecular complexity index is 719. The van der Waals surface area contributed by atoms with Crippen molar-refractivity contribution in [2.45, 2.75) is 6.18 Å². The molecule has 1 amide bonds. The Labute approximate surface area is 125 Å². The summed E-state index contributed by atoms with van der Waals surface area (Å²) in [6.07, 6.45) is -4.75. The largest absolute Gasteiger partial charge is 0.435 e. The van der Waals surface area contributed by atoms with Gasteiger partial charge in [0.05, 0.1) is 0 Å². The lowest BCUT2D eigenvalue weighted by Crippen LogP contribution is -2.12. The van der Waals surface area contributed by atoms with Crippen LogP contribution in [0.2, 0.25) is 5.02 Å². The molecule has 2 aromatic rings. The Balaban J connectivity index is 2.24. The van der Waals surface area contributed by atoms with Crippen LogP contribution >= 0.6 is 22.9 Å². The SMILES string of the molecule is N#Cc1sc(NC(=O)c2ccc(Cl)cc2)nc1C(F)(F)F. The number of benzene rings is 1. The van der Waals surface area contributed by atoms with Gasteiger partial charge in [0.2, 0.25) is 0 Å². The van der Waals surface area contributed by atoms with Crippen molar-refractivity contribution in [3.05, 3.63) is 45.4 Å². The molecule has 0 radical (unpaired) electrons. The molecule has 1 aromatic carbocycles. The van der Waals surface area contributed by atoms with Crippen LogP contribution in [0.5, 0.6) is 0 Å². The summed E-state index contributed by atoms with van der Waals surface area (Å²) in [5.74, 6) is -0.640. The van der Waals surface area contributed by atoms with Crippen molar-refractivity contribution >= 4 is 34.0 Å². The van der Waals surface area contributed by atoms with E-state index in [1.54, 1.807) is 0 Å². The highest BCUT2D eigenvalue weighted by atomic mass is 35.5. The first-order valence-corrected chi connectivity index (χ1v) is 6.55. The van der Waals surface area contributed by atoms with E-state index in [0.717, 1.165) is 0 Å². The molecule has 0 saturated carbocycles. The first kappa shape index (κ1) is 15.3. The quantitative estimate of drug-likeness (QED) is 0.906. The number of hydrogen-bond acceptors (Lipinski definition) is 4. The van der Waals surface area contributed by atoms with Gasteiger partial charge in [0.15, 0.2) is 10.8 Å². The summed E-state index contributed by atoms with van der Waals surface area (Å²) in [5.41, 5.74) is -1.09. The van der Waals surface area contributed by atoms with Gasteiger partial charge in [0.1, 0.15) is 10.9 Å². The van der Waals surface area contributed by atoms with Gasteiger partial charge in [-0.3, -0.25) is 10.1 Å². The van der Waals surface area contributed by atoms with Crippen LogP contribution in [0.1, 0.15) is 20.9 Å². The van der Waals surface area contributed by atoms with E-state index < -0.39 is 22.7 Å². The first-order chi connectivity index (χ1) is 9.81. The van der Waals surface area contributed by atoms with Crippen molar-refractivity contribution in [1.82, 2.24) is 4.98 Å². The molecule has 9 heteroatoms. The first-order valence-electron chi connectivity index (χ1n) is 5.36. The van der Waals surface area contributed by atoms with Gasteiger partial charge in [-0.05, 0) is 24.3 Å². The van der Waals surface area contributed by atoms with Crippen molar-refractivity contribution in [1.29, 1.82) is 5.26 Å². The Morgan fingerprint density at radius 3 is 2.43 bits per heavy atom.